The molecule has 5 heteroatoms. The SMILES string of the molecule is CC1(C)CC[C@]2(C(=O)O)CC[C@]3(C)[C@@H]([C@H]4O[C@H]4[C@@H]4[C@@]5(C)CC[C@H](O)[C@](C)(O)[C@@H]5CC[C@]43C)[C@@H]2C1. The molecule has 192 valence electrons. The van der Waals surface area contributed by atoms with Crippen LogP contribution in [0.2, 0.25) is 0 Å². The fourth-order valence-corrected chi connectivity index (χ4v) is 11.4. The lowest BCUT2D eigenvalue weighted by Gasteiger charge is -2.71. The molecule has 0 aromatic rings. The molecule has 0 aromatic carbocycles. The molecule has 0 bridgehead atoms. The Hall–Kier alpha value is -0.650. The van der Waals surface area contributed by atoms with E-state index in [1.165, 1.54) is 0 Å². The Balaban J connectivity index is 1.44. The lowest BCUT2D eigenvalue weighted by Crippen LogP contribution is -2.71. The third-order valence-electron chi connectivity index (χ3n) is 13.4. The third-order valence-corrected chi connectivity index (χ3v) is 13.4. The number of carboxylic acid groups (broad SMARTS) is 1. The molecule has 0 amide bonds. The number of fused-ring (bicyclic) bond motifs is 10. The van der Waals surface area contributed by atoms with Crippen LogP contribution in [0.4, 0.5) is 0 Å². The predicted molar refractivity (Wildman–Crippen MR) is 129 cm³/mol. The Kier molecular flexibility index (Phi) is 4.61. The average molecular weight is 475 g/mol. The molecule has 3 N–H and O–H groups in total. The Morgan fingerprint density at radius 1 is 0.853 bits per heavy atom. The van der Waals surface area contributed by atoms with Crippen LogP contribution in [0.5, 0.6) is 0 Å². The molecule has 1 saturated heterocycles. The van der Waals surface area contributed by atoms with Crippen LogP contribution in [0.25, 0.3) is 0 Å². The fraction of sp³-hybridized carbons (Fsp3) is 0.966. The van der Waals surface area contributed by atoms with Gasteiger partial charge in [0.15, 0.2) is 0 Å². The summed E-state index contributed by atoms with van der Waals surface area (Å²) in [5, 5.41) is 32.7. The first-order chi connectivity index (χ1) is 15.6. The van der Waals surface area contributed by atoms with E-state index >= 15 is 0 Å². The summed E-state index contributed by atoms with van der Waals surface area (Å²) in [4.78, 5) is 12.8. The van der Waals surface area contributed by atoms with Crippen LogP contribution in [0.1, 0.15) is 99.3 Å². The maximum atomic E-state index is 12.8. The lowest BCUT2D eigenvalue weighted by molar-refractivity contribution is -0.260. The highest BCUT2D eigenvalue weighted by Crippen LogP contribution is 2.79. The summed E-state index contributed by atoms with van der Waals surface area (Å²) in [6, 6.07) is 0. The van der Waals surface area contributed by atoms with Crippen molar-refractivity contribution < 1.29 is 24.9 Å². The normalized spacial score (nSPS) is 61.7. The summed E-state index contributed by atoms with van der Waals surface area (Å²) in [6.07, 6.45) is 7.68. The van der Waals surface area contributed by atoms with Crippen molar-refractivity contribution >= 4 is 5.97 Å². The molecule has 0 aromatic heterocycles. The van der Waals surface area contributed by atoms with E-state index in [2.05, 4.69) is 34.6 Å². The summed E-state index contributed by atoms with van der Waals surface area (Å²) in [5.74, 6) is 0.299. The molecular formula is C29H46O5. The minimum Gasteiger partial charge on any atom is -0.481 e. The van der Waals surface area contributed by atoms with E-state index in [-0.39, 0.29) is 51.6 Å². The molecule has 0 spiro atoms. The molecule has 34 heavy (non-hydrogen) atoms. The number of aliphatic carboxylic acids is 1. The smallest absolute Gasteiger partial charge is 0.309 e. The Morgan fingerprint density at radius 3 is 2.21 bits per heavy atom. The van der Waals surface area contributed by atoms with Crippen LogP contribution in [0.15, 0.2) is 0 Å². The molecule has 0 unspecified atom stereocenters. The molecule has 1 aliphatic heterocycles. The summed E-state index contributed by atoms with van der Waals surface area (Å²) < 4.78 is 6.66. The van der Waals surface area contributed by atoms with Crippen molar-refractivity contribution in [1.82, 2.24) is 0 Å². The number of epoxide rings is 1. The number of aliphatic hydroxyl groups excluding tert-OH is 1. The fourth-order valence-electron chi connectivity index (χ4n) is 11.4. The first-order valence-corrected chi connectivity index (χ1v) is 13.9. The van der Waals surface area contributed by atoms with Crippen LogP contribution in [0, 0.1) is 50.7 Å². The maximum absolute atomic E-state index is 12.8. The van der Waals surface area contributed by atoms with Crippen molar-refractivity contribution in [2.45, 2.75) is 123 Å². The van der Waals surface area contributed by atoms with Gasteiger partial charge in [0.05, 0.1) is 29.3 Å². The van der Waals surface area contributed by atoms with Crippen molar-refractivity contribution in [1.29, 1.82) is 0 Å². The second kappa shape index (κ2) is 6.61. The zero-order valence-electron chi connectivity index (χ0n) is 22.1. The zero-order chi connectivity index (χ0) is 24.7. The summed E-state index contributed by atoms with van der Waals surface area (Å²) in [6.45, 7) is 13.8. The molecule has 6 rings (SSSR count). The van der Waals surface area contributed by atoms with Crippen molar-refractivity contribution in [2.24, 2.45) is 50.7 Å². The summed E-state index contributed by atoms with van der Waals surface area (Å²) in [7, 11) is 0. The molecule has 5 nitrogen and oxygen atoms in total. The molecule has 5 saturated carbocycles. The predicted octanol–water partition coefficient (Wildman–Crippen LogP) is 5.03. The van der Waals surface area contributed by atoms with E-state index in [1.54, 1.807) is 0 Å². The van der Waals surface area contributed by atoms with Crippen LogP contribution >= 0.6 is 0 Å². The molecule has 0 radical (unpaired) electrons. The lowest BCUT2D eigenvalue weighted by atomic mass is 9.32. The number of hydrogen-bond donors (Lipinski definition) is 3. The quantitative estimate of drug-likeness (QED) is 0.464. The Morgan fingerprint density at radius 2 is 1.53 bits per heavy atom. The minimum atomic E-state index is -1.06. The highest BCUT2D eigenvalue weighted by molar-refractivity contribution is 5.75. The summed E-state index contributed by atoms with van der Waals surface area (Å²) >= 11 is 0. The van der Waals surface area contributed by atoms with Crippen LogP contribution in [-0.4, -0.2) is 45.2 Å². The number of carboxylic acids is 1. The van der Waals surface area contributed by atoms with E-state index < -0.39 is 23.1 Å². The van der Waals surface area contributed by atoms with Gasteiger partial charge in [-0.05, 0) is 110 Å². The van der Waals surface area contributed by atoms with Gasteiger partial charge in [0.2, 0.25) is 0 Å². The van der Waals surface area contributed by atoms with Gasteiger partial charge in [-0.15, -0.1) is 0 Å². The van der Waals surface area contributed by atoms with Crippen molar-refractivity contribution in [3.8, 4) is 0 Å². The van der Waals surface area contributed by atoms with Gasteiger partial charge in [0, 0.05) is 0 Å². The number of ether oxygens (including phenoxy) is 1. The Bertz CT molecular complexity index is 912. The second-order valence-electron chi connectivity index (χ2n) is 15.2. The number of aliphatic hydroxyl groups is 2. The number of rotatable bonds is 1. The third kappa shape index (κ3) is 2.60. The van der Waals surface area contributed by atoms with Gasteiger partial charge < -0.3 is 20.1 Å². The van der Waals surface area contributed by atoms with Crippen LogP contribution in [0.3, 0.4) is 0 Å². The van der Waals surface area contributed by atoms with Gasteiger partial charge in [0.1, 0.15) is 0 Å². The van der Waals surface area contributed by atoms with Crippen LogP contribution in [-0.2, 0) is 9.53 Å². The van der Waals surface area contributed by atoms with E-state index in [4.69, 9.17) is 4.74 Å². The molecule has 12 atom stereocenters. The highest BCUT2D eigenvalue weighted by Gasteiger charge is 2.79. The number of carbonyl (C=O) groups is 1. The van der Waals surface area contributed by atoms with Crippen molar-refractivity contribution in [3.63, 3.8) is 0 Å². The standard InChI is InChI=1S/C29H46O5/c1-24(2)11-13-29(23(31)32)14-12-26(4)19(16(29)15-24)20-21(34-20)22-25(3)9-8-18(30)28(6,33)17(25)7-10-27(22,26)5/h16-22,30,33H,7-15H2,1-6H3,(H,31,32)/t16-,17+,18-,19+,20+,21+,22+,25-,26+,27+,28+,29-/m0/s1. The van der Waals surface area contributed by atoms with Gasteiger partial charge in [-0.25, -0.2) is 0 Å². The first-order valence-electron chi connectivity index (χ1n) is 13.9. The van der Waals surface area contributed by atoms with E-state index in [0.29, 0.717) is 12.3 Å². The van der Waals surface area contributed by atoms with E-state index in [9.17, 15) is 20.1 Å². The molecular weight excluding hydrogens is 428 g/mol. The first kappa shape index (κ1) is 23.7. The van der Waals surface area contributed by atoms with Gasteiger partial charge in [-0.1, -0.05) is 34.6 Å². The summed E-state index contributed by atoms with van der Waals surface area (Å²) in [5.41, 5.74) is -1.48. The minimum absolute atomic E-state index is 0.0300. The average Bonchev–Trinajstić information content (AvgIpc) is 3.49. The van der Waals surface area contributed by atoms with Gasteiger partial charge >= 0.3 is 5.97 Å². The molecule has 1 heterocycles. The Labute approximate surface area is 205 Å². The van der Waals surface area contributed by atoms with Gasteiger partial charge in [-0.2, -0.15) is 0 Å². The molecule has 6 aliphatic rings. The maximum Gasteiger partial charge on any atom is 0.309 e. The highest BCUT2D eigenvalue weighted by atomic mass is 16.6. The molecule has 5 aliphatic carbocycles. The van der Waals surface area contributed by atoms with Crippen molar-refractivity contribution in [2.75, 3.05) is 0 Å². The van der Waals surface area contributed by atoms with Gasteiger partial charge in [-0.3, -0.25) is 4.79 Å². The monoisotopic (exact) mass is 474 g/mol. The topological polar surface area (TPSA) is 90.3 Å². The zero-order valence-corrected chi connectivity index (χ0v) is 22.1. The molecule has 6 fully saturated rings. The van der Waals surface area contributed by atoms with Crippen LogP contribution < -0.4 is 0 Å². The van der Waals surface area contributed by atoms with Crippen molar-refractivity contribution in [3.05, 3.63) is 0 Å². The number of hydrogen-bond acceptors (Lipinski definition) is 4. The largest absolute Gasteiger partial charge is 0.481 e. The second-order valence-corrected chi connectivity index (χ2v) is 15.2. The van der Waals surface area contributed by atoms with Gasteiger partial charge in [0.25, 0.3) is 0 Å². The van der Waals surface area contributed by atoms with E-state index in [0.717, 1.165) is 51.4 Å². The van der Waals surface area contributed by atoms with E-state index in [1.807, 2.05) is 6.92 Å².